The quantitative estimate of drug-likeness (QED) is 0.200. The first kappa shape index (κ1) is 28.1. The Morgan fingerprint density at radius 3 is 2.50 bits per heavy atom. The first-order chi connectivity index (χ1) is 17.2. The van der Waals surface area contributed by atoms with Crippen molar-refractivity contribution >= 4 is 64.1 Å². The van der Waals surface area contributed by atoms with Crippen LogP contribution in [0.25, 0.3) is 0 Å². The Balaban J connectivity index is 1.79. The van der Waals surface area contributed by atoms with Crippen LogP contribution in [-0.2, 0) is 11.3 Å². The molecule has 0 aliphatic heterocycles. The van der Waals surface area contributed by atoms with Gasteiger partial charge in [-0.3, -0.25) is 9.59 Å². The van der Waals surface area contributed by atoms with Gasteiger partial charge in [-0.2, -0.15) is 0 Å². The molecule has 1 aromatic heterocycles. The number of halogens is 3. The second-order valence-electron chi connectivity index (χ2n) is 8.31. The van der Waals surface area contributed by atoms with E-state index in [2.05, 4.69) is 41.3 Å². The van der Waals surface area contributed by atoms with Gasteiger partial charge in [0.1, 0.15) is 0 Å². The summed E-state index contributed by atoms with van der Waals surface area (Å²) in [6, 6.07) is 11.5. The van der Waals surface area contributed by atoms with Gasteiger partial charge in [0.05, 0.1) is 38.1 Å². The van der Waals surface area contributed by atoms with E-state index < -0.39 is 6.04 Å². The van der Waals surface area contributed by atoms with E-state index in [1.54, 1.807) is 48.5 Å². The lowest BCUT2D eigenvalue weighted by molar-refractivity contribution is -0.113. The summed E-state index contributed by atoms with van der Waals surface area (Å²) in [5, 5.41) is 16.0. The lowest BCUT2D eigenvalue weighted by Crippen LogP contribution is -2.32. The number of aromatic nitrogens is 3. The van der Waals surface area contributed by atoms with Crippen molar-refractivity contribution in [3.8, 4) is 0 Å². The predicted molar refractivity (Wildman–Crippen MR) is 147 cm³/mol. The fourth-order valence-corrected chi connectivity index (χ4v) is 4.79. The average Bonchev–Trinajstić information content (AvgIpc) is 3.23. The third kappa shape index (κ3) is 7.26. The molecule has 2 aromatic carbocycles. The van der Waals surface area contributed by atoms with Crippen molar-refractivity contribution < 1.29 is 9.59 Å². The molecule has 2 N–H and O–H groups in total. The first-order valence-corrected chi connectivity index (χ1v) is 13.3. The fourth-order valence-electron chi connectivity index (χ4n) is 3.46. The van der Waals surface area contributed by atoms with Gasteiger partial charge in [0, 0.05) is 6.54 Å². The summed E-state index contributed by atoms with van der Waals surface area (Å²) in [5.41, 5.74) is 0.816. The molecule has 0 unspecified atom stereocenters. The second kappa shape index (κ2) is 13.1. The lowest BCUT2D eigenvalue weighted by atomic mass is 10.0. The number of allylic oxidation sites excluding steroid dienone is 1. The molecular formula is C25H26Cl3N5O2S. The van der Waals surface area contributed by atoms with Crippen LogP contribution < -0.4 is 10.6 Å². The summed E-state index contributed by atoms with van der Waals surface area (Å²) in [6.07, 6.45) is 2.34. The van der Waals surface area contributed by atoms with E-state index in [1.165, 1.54) is 11.8 Å². The molecule has 36 heavy (non-hydrogen) atoms. The minimum Gasteiger partial charge on any atom is -0.342 e. The lowest BCUT2D eigenvalue weighted by Gasteiger charge is -2.21. The summed E-state index contributed by atoms with van der Waals surface area (Å²) in [6.45, 7) is 8.35. The van der Waals surface area contributed by atoms with Crippen LogP contribution in [0.1, 0.15) is 42.5 Å². The number of anilines is 1. The SMILES string of the molecule is C=CCn1c(SCC(=O)Nc2cccc(Cl)c2Cl)nnc1[C@H](CC(C)C)NC(=O)c1ccccc1Cl. The summed E-state index contributed by atoms with van der Waals surface area (Å²) < 4.78 is 1.84. The standard InChI is InChI=1S/C25H26Cl3N5O2S/c1-4-12-33-23(20(13-15(2)3)30-24(35)16-8-5-6-9-17(16)26)31-32-25(33)36-14-21(34)29-19-11-7-10-18(27)22(19)28/h4-11,15,20H,1,12-14H2,2-3H3,(H,29,34)(H,30,35)/t20-/m0/s1. The van der Waals surface area contributed by atoms with Gasteiger partial charge in [-0.25, -0.2) is 0 Å². The Morgan fingerprint density at radius 2 is 1.81 bits per heavy atom. The molecule has 190 valence electrons. The van der Waals surface area contributed by atoms with Crippen LogP contribution in [0.2, 0.25) is 15.1 Å². The molecular weight excluding hydrogens is 541 g/mol. The second-order valence-corrected chi connectivity index (χ2v) is 10.4. The number of hydrogen-bond acceptors (Lipinski definition) is 5. The van der Waals surface area contributed by atoms with Gasteiger partial charge in [-0.1, -0.05) is 84.7 Å². The van der Waals surface area contributed by atoms with Crippen LogP contribution in [0, 0.1) is 5.92 Å². The van der Waals surface area contributed by atoms with Crippen LogP contribution >= 0.6 is 46.6 Å². The van der Waals surface area contributed by atoms with Gasteiger partial charge >= 0.3 is 0 Å². The van der Waals surface area contributed by atoms with E-state index in [1.807, 2.05) is 4.57 Å². The molecule has 0 saturated heterocycles. The molecule has 0 saturated carbocycles. The monoisotopic (exact) mass is 565 g/mol. The minimum atomic E-state index is -0.422. The zero-order valence-electron chi connectivity index (χ0n) is 19.8. The van der Waals surface area contributed by atoms with Crippen LogP contribution in [0.15, 0.2) is 60.3 Å². The van der Waals surface area contributed by atoms with Crippen LogP contribution in [0.3, 0.4) is 0 Å². The molecule has 0 bridgehead atoms. The number of nitrogens with zero attached hydrogens (tertiary/aromatic N) is 3. The van der Waals surface area contributed by atoms with Crippen molar-refractivity contribution in [3.63, 3.8) is 0 Å². The first-order valence-electron chi connectivity index (χ1n) is 11.2. The topological polar surface area (TPSA) is 88.9 Å². The van der Waals surface area contributed by atoms with Crippen molar-refractivity contribution in [3.05, 3.63) is 81.6 Å². The van der Waals surface area contributed by atoms with Gasteiger partial charge in [0.25, 0.3) is 5.91 Å². The molecule has 2 amide bonds. The van der Waals surface area contributed by atoms with Gasteiger partial charge < -0.3 is 15.2 Å². The van der Waals surface area contributed by atoms with E-state index in [0.29, 0.717) is 45.2 Å². The number of amides is 2. The summed E-state index contributed by atoms with van der Waals surface area (Å²) in [5.74, 6) is 0.333. The highest BCUT2D eigenvalue weighted by molar-refractivity contribution is 7.99. The molecule has 0 aliphatic carbocycles. The zero-order chi connectivity index (χ0) is 26.2. The van der Waals surface area contributed by atoms with Crippen molar-refractivity contribution in [2.75, 3.05) is 11.1 Å². The van der Waals surface area contributed by atoms with E-state index in [9.17, 15) is 9.59 Å². The number of benzene rings is 2. The minimum absolute atomic E-state index is 0.0684. The Morgan fingerprint density at radius 1 is 1.08 bits per heavy atom. The highest BCUT2D eigenvalue weighted by Crippen LogP contribution is 2.30. The Bertz CT molecular complexity index is 1250. The van der Waals surface area contributed by atoms with Crippen molar-refractivity contribution in [2.45, 2.75) is 38.0 Å². The largest absolute Gasteiger partial charge is 0.342 e. The Labute approximate surface area is 229 Å². The Kier molecular flexibility index (Phi) is 10.2. The van der Waals surface area contributed by atoms with Crippen molar-refractivity contribution in [1.29, 1.82) is 0 Å². The number of carbonyl (C=O) groups is 2. The highest BCUT2D eigenvalue weighted by atomic mass is 35.5. The predicted octanol–water partition coefficient (Wildman–Crippen LogP) is 6.67. The maximum atomic E-state index is 13.0. The normalized spacial score (nSPS) is 11.8. The zero-order valence-corrected chi connectivity index (χ0v) is 22.9. The number of thioether (sulfide) groups is 1. The molecule has 0 spiro atoms. The molecule has 0 aliphatic rings. The third-order valence-electron chi connectivity index (χ3n) is 5.06. The van der Waals surface area contributed by atoms with E-state index in [4.69, 9.17) is 34.8 Å². The van der Waals surface area contributed by atoms with Crippen LogP contribution in [-0.4, -0.2) is 32.3 Å². The van der Waals surface area contributed by atoms with Gasteiger partial charge in [0.15, 0.2) is 11.0 Å². The van der Waals surface area contributed by atoms with Crippen molar-refractivity contribution in [1.82, 2.24) is 20.1 Å². The summed E-state index contributed by atoms with van der Waals surface area (Å²) >= 11 is 19.6. The molecule has 3 rings (SSSR count). The van der Waals surface area contributed by atoms with Gasteiger partial charge in [-0.05, 0) is 36.6 Å². The van der Waals surface area contributed by atoms with Crippen LogP contribution in [0.4, 0.5) is 5.69 Å². The number of carbonyl (C=O) groups excluding carboxylic acids is 2. The van der Waals surface area contributed by atoms with Crippen LogP contribution in [0.5, 0.6) is 0 Å². The molecule has 3 aromatic rings. The molecule has 1 heterocycles. The summed E-state index contributed by atoms with van der Waals surface area (Å²) in [4.78, 5) is 25.6. The van der Waals surface area contributed by atoms with Crippen molar-refractivity contribution in [2.24, 2.45) is 5.92 Å². The number of hydrogen-bond donors (Lipinski definition) is 2. The summed E-state index contributed by atoms with van der Waals surface area (Å²) in [7, 11) is 0. The maximum absolute atomic E-state index is 13.0. The van der Waals surface area contributed by atoms with E-state index in [-0.39, 0.29) is 28.5 Å². The Hall–Kier alpha value is -2.52. The van der Waals surface area contributed by atoms with E-state index >= 15 is 0 Å². The van der Waals surface area contributed by atoms with E-state index in [0.717, 1.165) is 0 Å². The van der Waals surface area contributed by atoms with Gasteiger partial charge in [0.2, 0.25) is 5.91 Å². The number of nitrogens with one attached hydrogen (secondary N) is 2. The molecule has 7 nitrogen and oxygen atoms in total. The maximum Gasteiger partial charge on any atom is 0.253 e. The smallest absolute Gasteiger partial charge is 0.253 e. The molecule has 11 heteroatoms. The number of rotatable bonds is 11. The van der Waals surface area contributed by atoms with Gasteiger partial charge in [-0.15, -0.1) is 16.8 Å². The third-order valence-corrected chi connectivity index (χ3v) is 7.17. The fraction of sp³-hybridized carbons (Fsp3) is 0.280. The molecule has 0 fully saturated rings. The molecule has 0 radical (unpaired) electrons. The average molecular weight is 567 g/mol. The molecule has 1 atom stereocenters. The highest BCUT2D eigenvalue weighted by Gasteiger charge is 2.25.